The minimum Gasteiger partial charge on any atom is -0.378 e. The lowest BCUT2D eigenvalue weighted by molar-refractivity contribution is 0.0673. The lowest BCUT2D eigenvalue weighted by Crippen LogP contribution is -2.45. The topological polar surface area (TPSA) is 62.9 Å². The van der Waals surface area contributed by atoms with Crippen LogP contribution in [0, 0.1) is 0 Å². The molecule has 1 aliphatic rings. The predicted octanol–water partition coefficient (Wildman–Crippen LogP) is -0.842. The van der Waals surface area contributed by atoms with Crippen LogP contribution in [0.3, 0.4) is 0 Å². The van der Waals surface area contributed by atoms with Crippen LogP contribution in [0.1, 0.15) is 6.92 Å². The van der Waals surface area contributed by atoms with Gasteiger partial charge in [-0.05, 0) is 6.92 Å². The molecule has 0 atom stereocenters. The summed E-state index contributed by atoms with van der Waals surface area (Å²) in [6.07, 6.45) is 0. The Morgan fingerprint density at radius 3 is 2.83 bits per heavy atom. The lowest BCUT2D eigenvalue weighted by Gasteiger charge is -2.27. The Morgan fingerprint density at radius 2 is 2.25 bits per heavy atom. The number of hydrogen-bond acceptors (Lipinski definition) is 3. The van der Waals surface area contributed by atoms with Crippen LogP contribution in [-0.2, 0) is 4.74 Å². The molecule has 0 bridgehead atoms. The zero-order chi connectivity index (χ0) is 8.81. The van der Waals surface area contributed by atoms with Crippen molar-refractivity contribution in [2.45, 2.75) is 6.92 Å². The summed E-state index contributed by atoms with van der Waals surface area (Å²) in [6.45, 7) is 5.92. The maximum atomic E-state index is 5.69. The SMILES string of the molecule is CCN/N=C(\N)N1CCOCC1. The standard InChI is InChI=1S/C7H16N4O/c1-2-9-10-7(8)11-3-5-12-6-4-11/h9H,2-6H2,1H3,(H2,8,10). The van der Waals surface area contributed by atoms with E-state index in [4.69, 9.17) is 10.5 Å². The van der Waals surface area contributed by atoms with E-state index in [1.54, 1.807) is 0 Å². The van der Waals surface area contributed by atoms with Gasteiger partial charge in [-0.1, -0.05) is 0 Å². The van der Waals surface area contributed by atoms with Crippen LogP contribution in [0.4, 0.5) is 0 Å². The largest absolute Gasteiger partial charge is 0.378 e. The minimum absolute atomic E-state index is 0.556. The normalized spacial score (nSPS) is 19.4. The van der Waals surface area contributed by atoms with Crippen LogP contribution >= 0.6 is 0 Å². The predicted molar refractivity (Wildman–Crippen MR) is 47.7 cm³/mol. The van der Waals surface area contributed by atoms with Gasteiger partial charge in [-0.2, -0.15) is 0 Å². The molecule has 1 fully saturated rings. The molecule has 0 amide bonds. The first-order valence-corrected chi connectivity index (χ1v) is 4.23. The zero-order valence-electron chi connectivity index (χ0n) is 7.42. The summed E-state index contributed by atoms with van der Waals surface area (Å²) in [4.78, 5) is 2.01. The number of nitrogens with zero attached hydrogens (tertiary/aromatic N) is 2. The molecule has 3 N–H and O–H groups in total. The maximum Gasteiger partial charge on any atom is 0.213 e. The second-order valence-electron chi connectivity index (χ2n) is 2.58. The fourth-order valence-corrected chi connectivity index (χ4v) is 1.02. The van der Waals surface area contributed by atoms with E-state index in [0.717, 1.165) is 32.8 Å². The number of hydrazone groups is 1. The van der Waals surface area contributed by atoms with Crippen molar-refractivity contribution in [1.82, 2.24) is 10.3 Å². The van der Waals surface area contributed by atoms with Gasteiger partial charge in [0.1, 0.15) is 0 Å². The first-order chi connectivity index (χ1) is 5.84. The van der Waals surface area contributed by atoms with Crippen molar-refractivity contribution in [2.24, 2.45) is 10.8 Å². The average Bonchev–Trinajstić information content (AvgIpc) is 2.15. The van der Waals surface area contributed by atoms with Gasteiger partial charge in [0.2, 0.25) is 5.96 Å². The molecule has 0 aromatic rings. The van der Waals surface area contributed by atoms with Gasteiger partial charge >= 0.3 is 0 Å². The van der Waals surface area contributed by atoms with Crippen LogP contribution in [0.2, 0.25) is 0 Å². The third-order valence-corrected chi connectivity index (χ3v) is 1.69. The van der Waals surface area contributed by atoms with Gasteiger partial charge in [-0.15, -0.1) is 5.10 Å². The molecule has 5 heteroatoms. The van der Waals surface area contributed by atoms with Gasteiger partial charge in [-0.3, -0.25) is 0 Å². The average molecular weight is 172 g/mol. The van der Waals surface area contributed by atoms with Gasteiger partial charge in [0.15, 0.2) is 0 Å². The number of ether oxygens (including phenoxy) is 1. The Kier molecular flexibility index (Phi) is 3.66. The number of hydrogen-bond donors (Lipinski definition) is 2. The molecule has 0 spiro atoms. The number of nitrogens with one attached hydrogen (secondary N) is 1. The number of morpholine rings is 1. The van der Waals surface area contributed by atoms with E-state index >= 15 is 0 Å². The molecule has 1 saturated heterocycles. The summed E-state index contributed by atoms with van der Waals surface area (Å²) in [6, 6.07) is 0. The second-order valence-corrected chi connectivity index (χ2v) is 2.58. The fourth-order valence-electron chi connectivity index (χ4n) is 1.02. The maximum absolute atomic E-state index is 5.69. The fraction of sp³-hybridized carbons (Fsp3) is 0.857. The molecule has 1 heterocycles. The first-order valence-electron chi connectivity index (χ1n) is 4.23. The molecule has 5 nitrogen and oxygen atoms in total. The smallest absolute Gasteiger partial charge is 0.213 e. The van der Waals surface area contributed by atoms with Gasteiger partial charge in [-0.25, -0.2) is 0 Å². The molecule has 0 aromatic carbocycles. The van der Waals surface area contributed by atoms with Crippen molar-refractivity contribution >= 4 is 5.96 Å². The van der Waals surface area contributed by atoms with Crippen LogP contribution in [0.15, 0.2) is 5.10 Å². The van der Waals surface area contributed by atoms with Crippen molar-refractivity contribution in [2.75, 3.05) is 32.8 Å². The molecular weight excluding hydrogens is 156 g/mol. The van der Waals surface area contributed by atoms with E-state index in [0.29, 0.717) is 5.96 Å². The van der Waals surface area contributed by atoms with E-state index in [9.17, 15) is 0 Å². The summed E-state index contributed by atoms with van der Waals surface area (Å²) < 4.78 is 5.18. The molecule has 1 rings (SSSR count). The van der Waals surface area contributed by atoms with Gasteiger partial charge in [0, 0.05) is 19.6 Å². The summed E-state index contributed by atoms with van der Waals surface area (Å²) in [7, 11) is 0. The van der Waals surface area contributed by atoms with Crippen molar-refractivity contribution in [1.29, 1.82) is 0 Å². The molecule has 12 heavy (non-hydrogen) atoms. The molecular formula is C7H16N4O. The van der Waals surface area contributed by atoms with Crippen molar-refractivity contribution in [3.8, 4) is 0 Å². The van der Waals surface area contributed by atoms with Crippen molar-refractivity contribution in [3.05, 3.63) is 0 Å². The van der Waals surface area contributed by atoms with Crippen molar-refractivity contribution in [3.63, 3.8) is 0 Å². The van der Waals surface area contributed by atoms with E-state index < -0.39 is 0 Å². The molecule has 0 aromatic heterocycles. The Morgan fingerprint density at radius 1 is 1.58 bits per heavy atom. The van der Waals surface area contributed by atoms with E-state index in [1.165, 1.54) is 0 Å². The Bertz CT molecular complexity index is 153. The quantitative estimate of drug-likeness (QED) is 0.324. The minimum atomic E-state index is 0.556. The van der Waals surface area contributed by atoms with Crippen LogP contribution in [0.25, 0.3) is 0 Å². The van der Waals surface area contributed by atoms with Gasteiger partial charge in [0.05, 0.1) is 13.2 Å². The third kappa shape index (κ3) is 2.58. The second kappa shape index (κ2) is 4.82. The highest BCUT2D eigenvalue weighted by molar-refractivity contribution is 5.77. The highest BCUT2D eigenvalue weighted by Crippen LogP contribution is 1.94. The van der Waals surface area contributed by atoms with Gasteiger partial charge < -0.3 is 20.8 Å². The monoisotopic (exact) mass is 172 g/mol. The number of guanidine groups is 1. The summed E-state index contributed by atoms with van der Waals surface area (Å²) in [5.41, 5.74) is 8.52. The summed E-state index contributed by atoms with van der Waals surface area (Å²) in [5, 5.41) is 3.98. The first kappa shape index (κ1) is 9.12. The van der Waals surface area contributed by atoms with E-state index in [2.05, 4.69) is 10.5 Å². The van der Waals surface area contributed by atoms with E-state index in [1.807, 2.05) is 11.8 Å². The number of rotatable bonds is 2. The molecule has 1 aliphatic heterocycles. The summed E-state index contributed by atoms with van der Waals surface area (Å²) in [5.74, 6) is 0.556. The molecule has 0 aliphatic carbocycles. The van der Waals surface area contributed by atoms with Crippen molar-refractivity contribution < 1.29 is 4.74 Å². The van der Waals surface area contributed by atoms with Gasteiger partial charge in [0.25, 0.3) is 0 Å². The summed E-state index contributed by atoms with van der Waals surface area (Å²) >= 11 is 0. The molecule has 0 saturated carbocycles. The number of nitrogens with two attached hydrogens (primary N) is 1. The third-order valence-electron chi connectivity index (χ3n) is 1.69. The van der Waals surface area contributed by atoms with Crippen LogP contribution < -0.4 is 11.2 Å². The highest BCUT2D eigenvalue weighted by atomic mass is 16.5. The Labute approximate surface area is 72.6 Å². The molecule has 0 radical (unpaired) electrons. The molecule has 0 unspecified atom stereocenters. The van der Waals surface area contributed by atoms with E-state index in [-0.39, 0.29) is 0 Å². The molecule has 70 valence electrons. The highest BCUT2D eigenvalue weighted by Gasteiger charge is 2.11. The van der Waals surface area contributed by atoms with Crippen LogP contribution in [-0.4, -0.2) is 43.7 Å². The lowest BCUT2D eigenvalue weighted by atomic mass is 10.4. The Hall–Kier alpha value is -0.970. The Balaban J connectivity index is 2.33. The van der Waals surface area contributed by atoms with Crippen LogP contribution in [0.5, 0.6) is 0 Å². The zero-order valence-corrected chi connectivity index (χ0v) is 7.42.